The van der Waals surface area contributed by atoms with Crippen molar-refractivity contribution in [1.82, 2.24) is 9.55 Å². The summed E-state index contributed by atoms with van der Waals surface area (Å²) < 4.78 is 34.1. The molecule has 1 heterocycles. The van der Waals surface area contributed by atoms with Gasteiger partial charge < -0.3 is 9.84 Å². The Morgan fingerprint density at radius 3 is 2.65 bits per heavy atom. The molecule has 0 fully saturated rings. The Kier molecular flexibility index (Phi) is 9.59. The first-order valence-corrected chi connectivity index (χ1v) is 12.7. The molecule has 0 saturated heterocycles. The van der Waals surface area contributed by atoms with E-state index in [0.717, 1.165) is 22.9 Å². The summed E-state index contributed by atoms with van der Waals surface area (Å²) in [7, 11) is 0. The third kappa shape index (κ3) is 7.25. The molecule has 0 saturated carbocycles. The second-order valence-corrected chi connectivity index (χ2v) is 10.1. The number of carboxylic acids is 1. The Morgan fingerprint density at radius 1 is 1.24 bits per heavy atom. The lowest BCUT2D eigenvalue weighted by atomic mass is 9.81. The summed E-state index contributed by atoms with van der Waals surface area (Å²) in [5.74, 6) is -1.32. The molecule has 194 valence electrons. The third-order valence-corrected chi connectivity index (χ3v) is 7.13. The van der Waals surface area contributed by atoms with Crippen LogP contribution in [0.5, 0.6) is 5.75 Å². The van der Waals surface area contributed by atoms with Crippen molar-refractivity contribution < 1.29 is 23.4 Å². The monoisotopic (exact) mass is 564 g/mol. The van der Waals surface area contributed by atoms with Crippen LogP contribution in [0, 0.1) is 5.82 Å². The molecule has 0 bridgehead atoms. The van der Waals surface area contributed by atoms with Crippen LogP contribution in [0.15, 0.2) is 78.4 Å². The van der Waals surface area contributed by atoms with Gasteiger partial charge in [-0.2, -0.15) is 0 Å². The fraction of sp³-hybridized carbons (Fsp3) is 0.185. The van der Waals surface area contributed by atoms with Crippen molar-refractivity contribution in [3.05, 3.63) is 106 Å². The topological polar surface area (TPSA) is 64.3 Å². The van der Waals surface area contributed by atoms with Gasteiger partial charge in [0.05, 0.1) is 16.9 Å². The molecule has 2 aromatic carbocycles. The van der Waals surface area contributed by atoms with E-state index in [9.17, 15) is 13.6 Å². The van der Waals surface area contributed by atoms with Crippen molar-refractivity contribution in [2.45, 2.75) is 30.2 Å². The standard InChI is InChI=1S/C27H24Cl2F2N2O3S/c1-4-19(30)6-5-11-33-24(14-32-26(33)37-16-17-7-9-20(31)13-21(17)28)27(2,3)18-8-10-23(22(29)12-18)36-15-25(34)35/h4-14H,1,15-16H2,2-3H3,(H,34,35)/b11-5+,19-6+. The van der Waals surface area contributed by atoms with Gasteiger partial charge in [0, 0.05) is 22.4 Å². The first kappa shape index (κ1) is 28.5. The normalized spacial score (nSPS) is 12.2. The molecule has 0 aliphatic rings. The van der Waals surface area contributed by atoms with Gasteiger partial charge in [-0.05, 0) is 53.6 Å². The number of aromatic nitrogens is 2. The van der Waals surface area contributed by atoms with E-state index in [2.05, 4.69) is 11.6 Å². The summed E-state index contributed by atoms with van der Waals surface area (Å²) in [5.41, 5.74) is 1.72. The van der Waals surface area contributed by atoms with Crippen LogP contribution in [0.1, 0.15) is 30.7 Å². The number of thioether (sulfide) groups is 1. The summed E-state index contributed by atoms with van der Waals surface area (Å²) in [6.07, 6.45) is 7.33. The van der Waals surface area contributed by atoms with Crippen molar-refractivity contribution in [3.8, 4) is 5.75 Å². The van der Waals surface area contributed by atoms with Crippen LogP contribution in [0.3, 0.4) is 0 Å². The van der Waals surface area contributed by atoms with E-state index in [-0.39, 0.29) is 10.8 Å². The lowest BCUT2D eigenvalue weighted by Crippen LogP contribution is -2.22. The fourth-order valence-electron chi connectivity index (χ4n) is 3.42. The molecule has 1 aromatic heterocycles. The smallest absolute Gasteiger partial charge is 0.341 e. The molecule has 3 aromatic rings. The van der Waals surface area contributed by atoms with Gasteiger partial charge >= 0.3 is 5.97 Å². The number of benzene rings is 2. The number of rotatable bonds is 11. The van der Waals surface area contributed by atoms with Crippen LogP contribution < -0.4 is 4.74 Å². The zero-order chi connectivity index (χ0) is 27.2. The van der Waals surface area contributed by atoms with Crippen LogP contribution in [0.2, 0.25) is 10.0 Å². The second kappa shape index (κ2) is 12.4. The molecule has 0 unspecified atom stereocenters. The van der Waals surface area contributed by atoms with Gasteiger partial charge in [0.1, 0.15) is 17.4 Å². The van der Waals surface area contributed by atoms with E-state index in [1.54, 1.807) is 42.7 Å². The Labute approximate surface area is 228 Å². The number of imidazole rings is 1. The molecular formula is C27H24Cl2F2N2O3S. The Bertz CT molecular complexity index is 1370. The Morgan fingerprint density at radius 2 is 2.00 bits per heavy atom. The van der Waals surface area contributed by atoms with Gasteiger partial charge in [-0.1, -0.05) is 67.5 Å². The van der Waals surface area contributed by atoms with Gasteiger partial charge in [0.25, 0.3) is 0 Å². The van der Waals surface area contributed by atoms with Gasteiger partial charge in [-0.3, -0.25) is 4.57 Å². The van der Waals surface area contributed by atoms with E-state index in [1.807, 2.05) is 18.4 Å². The Balaban J connectivity index is 1.98. The SMILES string of the molecule is C=C/C(F)=C\C=C\n1c(C(C)(C)c2ccc(OCC(=O)O)c(Cl)c2)cnc1SCc1ccc(F)cc1Cl. The highest BCUT2D eigenvalue weighted by Crippen LogP contribution is 2.38. The summed E-state index contributed by atoms with van der Waals surface area (Å²) in [5, 5.41) is 10.0. The molecule has 0 amide bonds. The molecule has 3 rings (SSSR count). The van der Waals surface area contributed by atoms with Crippen LogP contribution in [-0.4, -0.2) is 27.2 Å². The number of aliphatic carboxylic acids is 1. The minimum Gasteiger partial charge on any atom is -0.480 e. The predicted octanol–water partition coefficient (Wildman–Crippen LogP) is 7.92. The molecule has 5 nitrogen and oxygen atoms in total. The first-order chi connectivity index (χ1) is 17.5. The molecule has 0 radical (unpaired) electrons. The van der Waals surface area contributed by atoms with Crippen molar-refractivity contribution in [3.63, 3.8) is 0 Å². The van der Waals surface area contributed by atoms with E-state index in [0.29, 0.717) is 15.9 Å². The predicted molar refractivity (Wildman–Crippen MR) is 145 cm³/mol. The van der Waals surface area contributed by atoms with Crippen molar-refractivity contribution >= 4 is 47.1 Å². The number of ether oxygens (including phenoxy) is 1. The largest absolute Gasteiger partial charge is 0.480 e. The van der Waals surface area contributed by atoms with Gasteiger partial charge in [0.2, 0.25) is 0 Å². The average Bonchev–Trinajstić information content (AvgIpc) is 3.26. The lowest BCUT2D eigenvalue weighted by Gasteiger charge is -2.27. The molecule has 10 heteroatoms. The van der Waals surface area contributed by atoms with Crippen molar-refractivity contribution in [2.75, 3.05) is 6.61 Å². The summed E-state index contributed by atoms with van der Waals surface area (Å²) in [6.45, 7) is 6.86. The van der Waals surface area contributed by atoms with Gasteiger partial charge in [-0.25, -0.2) is 18.6 Å². The highest BCUT2D eigenvalue weighted by Gasteiger charge is 2.29. The highest BCUT2D eigenvalue weighted by molar-refractivity contribution is 7.98. The highest BCUT2D eigenvalue weighted by atomic mass is 35.5. The molecule has 37 heavy (non-hydrogen) atoms. The minimum atomic E-state index is -1.11. The van der Waals surface area contributed by atoms with Crippen LogP contribution in [-0.2, 0) is 16.0 Å². The molecule has 0 atom stereocenters. The van der Waals surface area contributed by atoms with Crippen molar-refractivity contribution in [1.29, 1.82) is 0 Å². The maximum absolute atomic E-state index is 13.7. The Hall–Kier alpha value is -3.07. The number of allylic oxidation sites excluding steroid dienone is 4. The number of carbonyl (C=O) groups is 1. The third-order valence-electron chi connectivity index (χ3n) is 5.47. The average molecular weight is 565 g/mol. The first-order valence-electron chi connectivity index (χ1n) is 11.0. The number of hydrogen-bond acceptors (Lipinski definition) is 4. The van der Waals surface area contributed by atoms with Gasteiger partial charge in [0.15, 0.2) is 11.8 Å². The minimum absolute atomic E-state index is 0.259. The number of halogens is 4. The number of nitrogens with zero attached hydrogens (tertiary/aromatic N) is 2. The van der Waals surface area contributed by atoms with E-state index < -0.39 is 29.6 Å². The van der Waals surface area contributed by atoms with E-state index in [4.69, 9.17) is 33.0 Å². The maximum atomic E-state index is 13.7. The lowest BCUT2D eigenvalue weighted by molar-refractivity contribution is -0.139. The van der Waals surface area contributed by atoms with Gasteiger partial charge in [-0.15, -0.1) is 0 Å². The van der Waals surface area contributed by atoms with E-state index >= 15 is 0 Å². The summed E-state index contributed by atoms with van der Waals surface area (Å²) in [4.78, 5) is 15.4. The number of carboxylic acid groups (broad SMARTS) is 1. The zero-order valence-electron chi connectivity index (χ0n) is 20.1. The molecule has 0 aliphatic carbocycles. The van der Waals surface area contributed by atoms with Crippen LogP contribution >= 0.6 is 35.0 Å². The number of hydrogen-bond donors (Lipinski definition) is 1. The summed E-state index contributed by atoms with van der Waals surface area (Å²) >= 11 is 13.9. The van der Waals surface area contributed by atoms with Crippen LogP contribution in [0.4, 0.5) is 8.78 Å². The van der Waals surface area contributed by atoms with Crippen molar-refractivity contribution in [2.24, 2.45) is 0 Å². The quantitative estimate of drug-likeness (QED) is 0.189. The second-order valence-electron chi connectivity index (χ2n) is 8.37. The molecule has 0 spiro atoms. The maximum Gasteiger partial charge on any atom is 0.341 e. The van der Waals surface area contributed by atoms with Crippen LogP contribution in [0.25, 0.3) is 6.20 Å². The van der Waals surface area contributed by atoms with E-state index in [1.165, 1.54) is 30.0 Å². The molecule has 1 N–H and O–H groups in total. The molecular weight excluding hydrogens is 541 g/mol. The zero-order valence-corrected chi connectivity index (χ0v) is 22.4. The molecule has 0 aliphatic heterocycles. The summed E-state index contributed by atoms with van der Waals surface area (Å²) in [6, 6.07) is 9.35. The fourth-order valence-corrected chi connectivity index (χ4v) is 4.93.